The van der Waals surface area contributed by atoms with Crippen molar-refractivity contribution in [1.82, 2.24) is 19.1 Å². The molecule has 0 spiro atoms. The number of thioether (sulfide) groups is 1. The summed E-state index contributed by atoms with van der Waals surface area (Å²) in [5, 5.41) is 13.0. The lowest BCUT2D eigenvalue weighted by Gasteiger charge is -2.16. The SMILES string of the molecule is CCOC(=O)CSc1nc2c(c(=O)[nH]c(=O)n2C)n1C[C@H](O)COc1cccc2ccccc12. The van der Waals surface area contributed by atoms with Crippen molar-refractivity contribution in [3.63, 3.8) is 0 Å². The number of aliphatic hydroxyl groups is 1. The molecule has 0 amide bonds. The molecule has 4 aromatic rings. The first-order valence-electron chi connectivity index (χ1n) is 10.7. The van der Waals surface area contributed by atoms with E-state index in [4.69, 9.17) is 9.47 Å². The van der Waals surface area contributed by atoms with Crippen molar-refractivity contribution in [1.29, 1.82) is 0 Å². The van der Waals surface area contributed by atoms with Gasteiger partial charge in [-0.1, -0.05) is 48.2 Å². The zero-order valence-electron chi connectivity index (χ0n) is 18.7. The number of imidazole rings is 1. The van der Waals surface area contributed by atoms with Crippen LogP contribution in [0.5, 0.6) is 5.75 Å². The number of H-pyrrole nitrogens is 1. The first-order chi connectivity index (χ1) is 16.4. The number of aromatic nitrogens is 4. The minimum Gasteiger partial charge on any atom is -0.490 e. The number of aryl methyl sites for hydroxylation is 1. The van der Waals surface area contributed by atoms with E-state index in [1.807, 2.05) is 42.5 Å². The van der Waals surface area contributed by atoms with Crippen LogP contribution in [0.3, 0.4) is 0 Å². The summed E-state index contributed by atoms with van der Waals surface area (Å²) >= 11 is 1.06. The molecule has 0 fully saturated rings. The van der Waals surface area contributed by atoms with Crippen LogP contribution in [0.4, 0.5) is 0 Å². The minimum absolute atomic E-state index is 0.0340. The quantitative estimate of drug-likeness (QED) is 0.271. The van der Waals surface area contributed by atoms with Crippen molar-refractivity contribution < 1.29 is 19.4 Å². The molecule has 10 nitrogen and oxygen atoms in total. The van der Waals surface area contributed by atoms with Crippen LogP contribution < -0.4 is 16.0 Å². The molecular formula is C23H24N4O6S. The minimum atomic E-state index is -1.00. The van der Waals surface area contributed by atoms with Gasteiger partial charge < -0.3 is 19.1 Å². The smallest absolute Gasteiger partial charge is 0.329 e. The summed E-state index contributed by atoms with van der Waals surface area (Å²) in [7, 11) is 1.48. The number of aromatic amines is 1. The molecule has 1 atom stereocenters. The number of ether oxygens (including phenoxy) is 2. The molecule has 0 unspecified atom stereocenters. The zero-order chi connectivity index (χ0) is 24.2. The van der Waals surface area contributed by atoms with Gasteiger partial charge in [-0.15, -0.1) is 0 Å². The van der Waals surface area contributed by atoms with Crippen LogP contribution in [0.2, 0.25) is 0 Å². The van der Waals surface area contributed by atoms with Crippen LogP contribution in [-0.2, 0) is 23.1 Å². The fraction of sp³-hybridized carbons (Fsp3) is 0.304. The highest BCUT2D eigenvalue weighted by atomic mass is 32.2. The Morgan fingerprint density at radius 2 is 1.97 bits per heavy atom. The van der Waals surface area contributed by atoms with Gasteiger partial charge in [0.1, 0.15) is 18.5 Å². The van der Waals surface area contributed by atoms with Crippen LogP contribution in [0.1, 0.15) is 6.92 Å². The predicted octanol–water partition coefficient (Wildman–Crippen LogP) is 1.67. The second-order valence-corrected chi connectivity index (χ2v) is 8.47. The van der Waals surface area contributed by atoms with Gasteiger partial charge in [-0.05, 0) is 18.4 Å². The maximum Gasteiger partial charge on any atom is 0.329 e. The van der Waals surface area contributed by atoms with Crippen LogP contribution in [-0.4, -0.2) is 55.2 Å². The van der Waals surface area contributed by atoms with Crippen molar-refractivity contribution in [2.75, 3.05) is 19.0 Å². The highest BCUT2D eigenvalue weighted by Gasteiger charge is 2.21. The summed E-state index contributed by atoms with van der Waals surface area (Å²) < 4.78 is 13.5. The number of nitrogens with zero attached hydrogens (tertiary/aromatic N) is 3. The Hall–Kier alpha value is -3.57. The van der Waals surface area contributed by atoms with E-state index in [0.717, 1.165) is 22.5 Å². The van der Waals surface area contributed by atoms with Crippen LogP contribution >= 0.6 is 11.8 Å². The number of benzene rings is 2. The van der Waals surface area contributed by atoms with Crippen LogP contribution in [0.15, 0.2) is 57.2 Å². The second-order valence-electron chi connectivity index (χ2n) is 7.53. The van der Waals surface area contributed by atoms with Crippen molar-refractivity contribution >= 4 is 39.7 Å². The standard InChI is InChI=1S/C23H24N4O6S/c1-3-32-18(29)13-34-23-24-20-19(21(30)25-22(31)26(20)2)27(23)11-15(28)12-33-17-10-6-8-14-7-4-5-9-16(14)17/h4-10,15,28H,3,11-13H2,1-2H3,(H,25,30,31)/t15-/m0/s1. The molecule has 0 saturated heterocycles. The molecule has 0 aliphatic rings. The molecule has 2 N–H and O–H groups in total. The van der Waals surface area contributed by atoms with Crippen molar-refractivity contribution in [3.05, 3.63) is 63.3 Å². The van der Waals surface area contributed by atoms with E-state index in [0.29, 0.717) is 10.9 Å². The molecule has 178 valence electrons. The molecule has 0 bridgehead atoms. The highest BCUT2D eigenvalue weighted by Crippen LogP contribution is 2.26. The van der Waals surface area contributed by atoms with Gasteiger partial charge >= 0.3 is 11.7 Å². The molecule has 2 aromatic heterocycles. The summed E-state index contributed by atoms with van der Waals surface area (Å²) in [4.78, 5) is 43.1. The topological polar surface area (TPSA) is 128 Å². The molecule has 0 radical (unpaired) electrons. The fourth-order valence-corrected chi connectivity index (χ4v) is 4.39. The van der Waals surface area contributed by atoms with Gasteiger partial charge in [-0.2, -0.15) is 0 Å². The van der Waals surface area contributed by atoms with E-state index >= 15 is 0 Å². The van der Waals surface area contributed by atoms with E-state index < -0.39 is 23.3 Å². The predicted molar refractivity (Wildman–Crippen MR) is 128 cm³/mol. The normalized spacial score (nSPS) is 12.2. The number of hydrogen-bond donors (Lipinski definition) is 2. The van der Waals surface area contributed by atoms with Gasteiger partial charge in [0.05, 0.1) is 18.9 Å². The average molecular weight is 485 g/mol. The Kier molecular flexibility index (Phi) is 7.03. The fourth-order valence-electron chi connectivity index (χ4n) is 3.59. The number of hydrogen-bond acceptors (Lipinski definition) is 8. The molecular weight excluding hydrogens is 460 g/mol. The summed E-state index contributed by atoms with van der Waals surface area (Å²) in [5.41, 5.74) is -0.959. The number of fused-ring (bicyclic) bond motifs is 2. The lowest BCUT2D eigenvalue weighted by molar-refractivity contribution is -0.139. The summed E-state index contributed by atoms with van der Waals surface area (Å²) in [6.45, 7) is 1.88. The zero-order valence-corrected chi connectivity index (χ0v) is 19.5. The molecule has 4 rings (SSSR count). The molecule has 0 aliphatic carbocycles. The lowest BCUT2D eigenvalue weighted by Crippen LogP contribution is -2.30. The van der Waals surface area contributed by atoms with Crippen molar-refractivity contribution in [3.8, 4) is 5.75 Å². The monoisotopic (exact) mass is 484 g/mol. The van der Waals surface area contributed by atoms with Gasteiger partial charge in [0, 0.05) is 12.4 Å². The molecule has 2 aromatic carbocycles. The van der Waals surface area contributed by atoms with Crippen molar-refractivity contribution in [2.45, 2.75) is 24.7 Å². The van der Waals surface area contributed by atoms with E-state index in [1.165, 1.54) is 16.2 Å². The molecule has 11 heteroatoms. The van der Waals surface area contributed by atoms with Gasteiger partial charge in [0.2, 0.25) is 0 Å². The van der Waals surface area contributed by atoms with Crippen molar-refractivity contribution in [2.24, 2.45) is 7.05 Å². The third-order valence-corrected chi connectivity index (χ3v) is 6.12. The van der Waals surface area contributed by atoms with E-state index in [2.05, 4.69) is 9.97 Å². The third-order valence-electron chi connectivity index (χ3n) is 5.17. The van der Waals surface area contributed by atoms with Gasteiger partial charge in [-0.25, -0.2) is 9.78 Å². The Morgan fingerprint density at radius 1 is 1.21 bits per heavy atom. The number of nitrogens with one attached hydrogen (secondary N) is 1. The first kappa shape index (κ1) is 23.6. The molecule has 34 heavy (non-hydrogen) atoms. The maximum atomic E-state index is 12.6. The molecule has 2 heterocycles. The number of carbonyl (C=O) groups excluding carboxylic acids is 1. The van der Waals surface area contributed by atoms with Gasteiger partial charge in [0.25, 0.3) is 5.56 Å². The summed E-state index contributed by atoms with van der Waals surface area (Å²) in [6.07, 6.45) is -1.00. The Bertz CT molecular complexity index is 1450. The Morgan fingerprint density at radius 3 is 2.76 bits per heavy atom. The number of carbonyl (C=O) groups is 1. The maximum absolute atomic E-state index is 12.6. The Balaban J connectivity index is 1.60. The lowest BCUT2D eigenvalue weighted by atomic mass is 10.1. The first-order valence-corrected chi connectivity index (χ1v) is 11.6. The number of esters is 1. The van der Waals surface area contributed by atoms with E-state index in [9.17, 15) is 19.5 Å². The largest absolute Gasteiger partial charge is 0.490 e. The summed E-state index contributed by atoms with van der Waals surface area (Å²) in [5.74, 6) is 0.157. The van der Waals surface area contributed by atoms with E-state index in [-0.39, 0.29) is 36.7 Å². The van der Waals surface area contributed by atoms with Gasteiger partial charge in [0.15, 0.2) is 16.3 Å². The average Bonchev–Trinajstić information content (AvgIpc) is 3.18. The Labute approximate surface area is 198 Å². The summed E-state index contributed by atoms with van der Waals surface area (Å²) in [6, 6.07) is 13.4. The number of rotatable bonds is 9. The van der Waals surface area contributed by atoms with Crippen LogP contribution in [0, 0.1) is 0 Å². The highest BCUT2D eigenvalue weighted by molar-refractivity contribution is 7.99. The van der Waals surface area contributed by atoms with E-state index in [1.54, 1.807) is 6.92 Å². The molecule has 0 saturated carbocycles. The number of aliphatic hydroxyl groups excluding tert-OH is 1. The van der Waals surface area contributed by atoms with Crippen LogP contribution in [0.25, 0.3) is 21.9 Å². The third kappa shape index (κ3) is 4.85. The molecule has 0 aliphatic heterocycles. The van der Waals surface area contributed by atoms with Gasteiger partial charge in [-0.3, -0.25) is 19.1 Å². The second kappa shape index (κ2) is 10.1.